The number of nitrogens with zero attached hydrogens (tertiary/aromatic N) is 4. The molecule has 4 heterocycles. The van der Waals surface area contributed by atoms with Gasteiger partial charge in [-0.3, -0.25) is 19.9 Å². The summed E-state index contributed by atoms with van der Waals surface area (Å²) in [6, 6.07) is 14.9. The number of aromatic amines is 2. The maximum Gasteiger partial charge on any atom is 0.238 e. The minimum atomic E-state index is -0.278. The van der Waals surface area contributed by atoms with Crippen LogP contribution in [0.5, 0.6) is 0 Å². The summed E-state index contributed by atoms with van der Waals surface area (Å²) in [5, 5.41) is 12.5. The number of aromatic nitrogens is 5. The van der Waals surface area contributed by atoms with Gasteiger partial charge in [0, 0.05) is 34.3 Å². The van der Waals surface area contributed by atoms with Gasteiger partial charge < -0.3 is 15.2 Å². The number of halogens is 1. The zero-order valence-electron chi connectivity index (χ0n) is 21.7. The molecule has 194 valence electrons. The Balaban J connectivity index is 1.39. The highest BCUT2D eigenvalue weighted by atomic mass is 19.1. The Bertz CT molecular complexity index is 1830. The quantitative estimate of drug-likeness (QED) is 0.259. The molecule has 2 aromatic carbocycles. The minimum absolute atomic E-state index is 0.104. The van der Waals surface area contributed by atoms with E-state index in [1.807, 2.05) is 56.3 Å². The van der Waals surface area contributed by atoms with Gasteiger partial charge >= 0.3 is 0 Å². The molecule has 0 saturated heterocycles. The standard InChI is InChI=1S/C30H26FN7O/c1-17-6-19(8-21(31)7-17)25-14-33-15-28-23(25)11-27(35-28)30-24-10-18(4-5-26(24)36-37-30)20-9-22(13-32-12-20)34-29(39)16-38(2)3/h4-15,35H,16H2,1-3H3,(H,34,39)(H,36,37). The number of carbonyl (C=O) groups is 1. The molecule has 0 aliphatic rings. The molecule has 6 rings (SSSR count). The Kier molecular flexibility index (Phi) is 6.12. The number of hydrogen-bond donors (Lipinski definition) is 3. The van der Waals surface area contributed by atoms with Crippen LogP contribution in [0.3, 0.4) is 0 Å². The summed E-state index contributed by atoms with van der Waals surface area (Å²) < 4.78 is 14.2. The topological polar surface area (TPSA) is 103 Å². The highest BCUT2D eigenvalue weighted by Gasteiger charge is 2.15. The van der Waals surface area contributed by atoms with Crippen LogP contribution in [-0.4, -0.2) is 56.6 Å². The van der Waals surface area contributed by atoms with Crippen molar-refractivity contribution < 1.29 is 9.18 Å². The van der Waals surface area contributed by atoms with E-state index < -0.39 is 0 Å². The van der Waals surface area contributed by atoms with Crippen molar-refractivity contribution in [3.8, 4) is 33.6 Å². The normalized spacial score (nSPS) is 11.5. The summed E-state index contributed by atoms with van der Waals surface area (Å²) in [5.41, 5.74) is 8.21. The number of hydrogen-bond acceptors (Lipinski definition) is 5. The molecule has 8 nitrogen and oxygen atoms in total. The third-order valence-corrected chi connectivity index (χ3v) is 6.53. The van der Waals surface area contributed by atoms with Gasteiger partial charge in [-0.2, -0.15) is 5.10 Å². The highest BCUT2D eigenvalue weighted by molar-refractivity contribution is 6.01. The van der Waals surface area contributed by atoms with E-state index in [9.17, 15) is 9.18 Å². The van der Waals surface area contributed by atoms with Gasteiger partial charge in [-0.25, -0.2) is 4.39 Å². The number of pyridine rings is 2. The Labute approximate surface area is 223 Å². The molecular formula is C30H26FN7O. The van der Waals surface area contributed by atoms with Gasteiger partial charge in [-0.15, -0.1) is 0 Å². The molecule has 1 amide bonds. The number of likely N-dealkylation sites (N-methyl/N-ethyl adjacent to an activating group) is 1. The first-order valence-corrected chi connectivity index (χ1v) is 12.5. The second-order valence-electron chi connectivity index (χ2n) is 9.93. The molecule has 0 atom stereocenters. The second-order valence-corrected chi connectivity index (χ2v) is 9.93. The van der Waals surface area contributed by atoms with Crippen molar-refractivity contribution in [2.75, 3.05) is 26.0 Å². The van der Waals surface area contributed by atoms with E-state index in [0.717, 1.165) is 61.0 Å². The maximum atomic E-state index is 14.2. The predicted molar refractivity (Wildman–Crippen MR) is 152 cm³/mol. The summed E-state index contributed by atoms with van der Waals surface area (Å²) >= 11 is 0. The Morgan fingerprint density at radius 1 is 0.897 bits per heavy atom. The third kappa shape index (κ3) is 4.87. The molecule has 9 heteroatoms. The molecule has 0 unspecified atom stereocenters. The average Bonchev–Trinajstić information content (AvgIpc) is 3.51. The van der Waals surface area contributed by atoms with Crippen LogP contribution in [0.25, 0.3) is 55.4 Å². The molecule has 39 heavy (non-hydrogen) atoms. The van der Waals surface area contributed by atoms with Crippen molar-refractivity contribution in [2.45, 2.75) is 6.92 Å². The van der Waals surface area contributed by atoms with Crippen LogP contribution in [0.1, 0.15) is 5.56 Å². The number of amides is 1. The minimum Gasteiger partial charge on any atom is -0.352 e. The molecule has 0 aliphatic carbocycles. The van der Waals surface area contributed by atoms with E-state index >= 15 is 0 Å². The molecule has 6 aromatic rings. The first-order valence-electron chi connectivity index (χ1n) is 12.5. The first-order chi connectivity index (χ1) is 18.8. The summed E-state index contributed by atoms with van der Waals surface area (Å²) in [6.45, 7) is 2.16. The summed E-state index contributed by atoms with van der Waals surface area (Å²) in [4.78, 5) is 26.2. The number of H-pyrrole nitrogens is 2. The summed E-state index contributed by atoms with van der Waals surface area (Å²) in [7, 11) is 3.69. The molecule has 0 bridgehead atoms. The fourth-order valence-corrected chi connectivity index (χ4v) is 4.85. The van der Waals surface area contributed by atoms with Gasteiger partial charge in [0.1, 0.15) is 11.5 Å². The number of benzene rings is 2. The highest BCUT2D eigenvalue weighted by Crippen LogP contribution is 2.35. The zero-order chi connectivity index (χ0) is 27.1. The van der Waals surface area contributed by atoms with Crippen molar-refractivity contribution >= 4 is 33.4 Å². The number of carbonyl (C=O) groups excluding carboxylic acids is 1. The number of nitrogens with one attached hydrogen (secondary N) is 3. The number of rotatable bonds is 6. The van der Waals surface area contributed by atoms with E-state index in [1.165, 1.54) is 12.1 Å². The number of fused-ring (bicyclic) bond motifs is 2. The van der Waals surface area contributed by atoms with E-state index in [2.05, 4.69) is 36.5 Å². The summed E-state index contributed by atoms with van der Waals surface area (Å²) in [5.74, 6) is -0.382. The van der Waals surface area contributed by atoms with Gasteiger partial charge in [0.15, 0.2) is 0 Å². The lowest BCUT2D eigenvalue weighted by molar-refractivity contribution is -0.116. The summed E-state index contributed by atoms with van der Waals surface area (Å²) in [6.07, 6.45) is 6.92. The zero-order valence-corrected chi connectivity index (χ0v) is 21.7. The van der Waals surface area contributed by atoms with Gasteiger partial charge in [0.25, 0.3) is 0 Å². The second kappa shape index (κ2) is 9.77. The van der Waals surface area contributed by atoms with Crippen LogP contribution in [0.15, 0.2) is 73.3 Å². The third-order valence-electron chi connectivity index (χ3n) is 6.53. The molecule has 0 saturated carbocycles. The van der Waals surface area contributed by atoms with Gasteiger partial charge in [0.2, 0.25) is 5.91 Å². The molecule has 0 aliphatic heterocycles. The fourth-order valence-electron chi connectivity index (χ4n) is 4.85. The van der Waals surface area contributed by atoms with Crippen LogP contribution in [0, 0.1) is 12.7 Å². The lowest BCUT2D eigenvalue weighted by atomic mass is 10.0. The van der Waals surface area contributed by atoms with Crippen molar-refractivity contribution in [2.24, 2.45) is 0 Å². The maximum absolute atomic E-state index is 14.2. The van der Waals surface area contributed by atoms with Gasteiger partial charge in [0.05, 0.1) is 41.4 Å². The van der Waals surface area contributed by atoms with Crippen LogP contribution in [-0.2, 0) is 4.79 Å². The van der Waals surface area contributed by atoms with Crippen molar-refractivity contribution in [3.05, 3.63) is 84.7 Å². The van der Waals surface area contributed by atoms with Gasteiger partial charge in [-0.1, -0.05) is 12.1 Å². The largest absolute Gasteiger partial charge is 0.352 e. The number of aryl methyl sites for hydroxylation is 1. The molecule has 3 N–H and O–H groups in total. The molecule has 0 spiro atoms. The van der Waals surface area contributed by atoms with Crippen molar-refractivity contribution in [3.63, 3.8) is 0 Å². The van der Waals surface area contributed by atoms with Gasteiger partial charge in [-0.05, 0) is 74.1 Å². The van der Waals surface area contributed by atoms with Crippen molar-refractivity contribution in [1.82, 2.24) is 30.0 Å². The van der Waals surface area contributed by atoms with Crippen LogP contribution in [0.4, 0.5) is 10.1 Å². The predicted octanol–water partition coefficient (Wildman–Crippen LogP) is 5.78. The molecule has 0 radical (unpaired) electrons. The van der Waals surface area contributed by atoms with Crippen LogP contribution >= 0.6 is 0 Å². The SMILES string of the molecule is Cc1cc(F)cc(-c2cncc3[nH]c(-c4n[nH]c5ccc(-c6cncc(NC(=O)CN(C)C)c6)cc45)cc23)c1. The van der Waals surface area contributed by atoms with Crippen LogP contribution in [0.2, 0.25) is 0 Å². The lowest BCUT2D eigenvalue weighted by Gasteiger charge is -2.11. The monoisotopic (exact) mass is 519 g/mol. The smallest absolute Gasteiger partial charge is 0.238 e. The van der Waals surface area contributed by atoms with E-state index in [-0.39, 0.29) is 18.3 Å². The molecule has 0 fully saturated rings. The van der Waals surface area contributed by atoms with Crippen LogP contribution < -0.4 is 5.32 Å². The Hall–Kier alpha value is -4.89. The Morgan fingerprint density at radius 3 is 2.56 bits per heavy atom. The molecular weight excluding hydrogens is 493 g/mol. The Morgan fingerprint density at radius 2 is 1.74 bits per heavy atom. The van der Waals surface area contributed by atoms with Crippen molar-refractivity contribution in [1.29, 1.82) is 0 Å². The first kappa shape index (κ1) is 24.4. The van der Waals surface area contributed by atoms with E-state index in [0.29, 0.717) is 5.69 Å². The number of anilines is 1. The fraction of sp³-hybridized carbons (Fsp3) is 0.133. The van der Waals surface area contributed by atoms with E-state index in [1.54, 1.807) is 24.8 Å². The average molecular weight is 520 g/mol. The van der Waals surface area contributed by atoms with E-state index in [4.69, 9.17) is 0 Å². The lowest BCUT2D eigenvalue weighted by Crippen LogP contribution is -2.27. The molecule has 4 aromatic heterocycles.